The van der Waals surface area contributed by atoms with Gasteiger partial charge in [-0.05, 0) is 35.9 Å². The Labute approximate surface area is 205 Å². The zero-order chi connectivity index (χ0) is 24.6. The minimum absolute atomic E-state index is 0.226. The standard InChI is InChI=1S/C26H21N9O/c1-35(2)26(36)30-18-10-16(12-28-14-18)17-11-20-23(33-34-24(20)29-13-17)25-31-21-5-3-4-19(22(21)32-25)15-6-8-27-9-7-15/h3-14H,1-2H3,(H,30,36)(H,31,32)(H,29,33,34). The SMILES string of the molecule is CN(C)C(=O)Nc1cncc(-c2cnc3[nH]nc(-c4nc5c(-c6ccncc6)cccc5[nH]4)c3c2)c1. The fourth-order valence-electron chi connectivity index (χ4n) is 4.05. The second-order valence-corrected chi connectivity index (χ2v) is 8.50. The van der Waals surface area contributed by atoms with Crippen LogP contribution in [-0.2, 0) is 0 Å². The average molecular weight is 476 g/mol. The minimum Gasteiger partial charge on any atom is -0.337 e. The Kier molecular flexibility index (Phi) is 5.11. The summed E-state index contributed by atoms with van der Waals surface area (Å²) in [7, 11) is 3.37. The summed E-state index contributed by atoms with van der Waals surface area (Å²) >= 11 is 0. The molecule has 0 bridgehead atoms. The van der Waals surface area contributed by atoms with Gasteiger partial charge in [0, 0.05) is 55.6 Å². The smallest absolute Gasteiger partial charge is 0.321 e. The summed E-state index contributed by atoms with van der Waals surface area (Å²) in [4.78, 5) is 34.7. The second kappa shape index (κ2) is 8.58. The minimum atomic E-state index is -0.226. The van der Waals surface area contributed by atoms with Crippen LogP contribution in [0.1, 0.15) is 0 Å². The highest BCUT2D eigenvalue weighted by Gasteiger charge is 2.16. The number of para-hydroxylation sites is 1. The van der Waals surface area contributed by atoms with E-state index in [0.717, 1.165) is 38.7 Å². The van der Waals surface area contributed by atoms with E-state index < -0.39 is 0 Å². The molecule has 6 aromatic rings. The lowest BCUT2D eigenvalue weighted by Gasteiger charge is -2.12. The van der Waals surface area contributed by atoms with Gasteiger partial charge in [-0.25, -0.2) is 14.8 Å². The lowest BCUT2D eigenvalue weighted by Crippen LogP contribution is -2.27. The predicted molar refractivity (Wildman–Crippen MR) is 138 cm³/mol. The number of pyridine rings is 3. The largest absolute Gasteiger partial charge is 0.337 e. The van der Waals surface area contributed by atoms with Crippen molar-refractivity contribution in [3.63, 3.8) is 0 Å². The number of amides is 2. The maximum atomic E-state index is 12.0. The first-order chi connectivity index (χ1) is 17.6. The van der Waals surface area contributed by atoms with Crippen molar-refractivity contribution in [2.24, 2.45) is 0 Å². The summed E-state index contributed by atoms with van der Waals surface area (Å²) in [5.41, 5.74) is 7.39. The molecule has 10 nitrogen and oxygen atoms in total. The van der Waals surface area contributed by atoms with E-state index in [1.54, 1.807) is 45.1 Å². The molecule has 0 unspecified atom stereocenters. The Bertz CT molecular complexity index is 1720. The molecule has 0 aliphatic rings. The van der Waals surface area contributed by atoms with Crippen LogP contribution in [0.5, 0.6) is 0 Å². The molecular formula is C26H21N9O. The highest BCUT2D eigenvalue weighted by molar-refractivity contribution is 5.97. The van der Waals surface area contributed by atoms with Gasteiger partial charge in [-0.1, -0.05) is 12.1 Å². The Morgan fingerprint density at radius 3 is 2.61 bits per heavy atom. The summed E-state index contributed by atoms with van der Waals surface area (Å²) in [5.74, 6) is 0.641. The Balaban J connectivity index is 1.41. The number of aromatic amines is 2. The molecular weight excluding hydrogens is 454 g/mol. The number of carbonyl (C=O) groups is 1. The zero-order valence-electron chi connectivity index (χ0n) is 19.5. The van der Waals surface area contributed by atoms with Gasteiger partial charge in [0.15, 0.2) is 11.5 Å². The number of imidazole rings is 1. The number of hydrogen-bond donors (Lipinski definition) is 3. The van der Waals surface area contributed by atoms with Crippen LogP contribution < -0.4 is 5.32 Å². The van der Waals surface area contributed by atoms with Crippen LogP contribution in [0.15, 0.2) is 73.4 Å². The lowest BCUT2D eigenvalue weighted by molar-refractivity contribution is 0.230. The molecule has 0 spiro atoms. The third-order valence-corrected chi connectivity index (χ3v) is 5.87. The van der Waals surface area contributed by atoms with Crippen molar-refractivity contribution in [1.29, 1.82) is 0 Å². The fourth-order valence-corrected chi connectivity index (χ4v) is 4.05. The quantitative estimate of drug-likeness (QED) is 0.338. The topological polar surface area (TPSA) is 128 Å². The lowest BCUT2D eigenvalue weighted by atomic mass is 10.1. The monoisotopic (exact) mass is 475 g/mol. The predicted octanol–water partition coefficient (Wildman–Crippen LogP) is 4.72. The third kappa shape index (κ3) is 3.80. The number of aromatic nitrogens is 7. The molecule has 5 aromatic heterocycles. The van der Waals surface area contributed by atoms with Crippen LogP contribution in [0.25, 0.3) is 55.8 Å². The van der Waals surface area contributed by atoms with E-state index in [1.807, 2.05) is 42.5 Å². The van der Waals surface area contributed by atoms with E-state index in [4.69, 9.17) is 4.98 Å². The number of anilines is 1. The van der Waals surface area contributed by atoms with Crippen LogP contribution in [0.4, 0.5) is 10.5 Å². The molecule has 0 aliphatic heterocycles. The van der Waals surface area contributed by atoms with Crippen molar-refractivity contribution in [2.75, 3.05) is 19.4 Å². The number of carbonyl (C=O) groups excluding carboxylic acids is 1. The molecule has 0 atom stereocenters. The summed E-state index contributed by atoms with van der Waals surface area (Å²) in [6.45, 7) is 0. The van der Waals surface area contributed by atoms with E-state index in [2.05, 4.69) is 35.5 Å². The molecule has 5 heterocycles. The van der Waals surface area contributed by atoms with E-state index in [0.29, 0.717) is 22.9 Å². The number of urea groups is 1. The van der Waals surface area contributed by atoms with Crippen LogP contribution >= 0.6 is 0 Å². The molecule has 36 heavy (non-hydrogen) atoms. The molecule has 0 fully saturated rings. The third-order valence-electron chi connectivity index (χ3n) is 5.87. The second-order valence-electron chi connectivity index (χ2n) is 8.50. The van der Waals surface area contributed by atoms with Crippen LogP contribution in [0.3, 0.4) is 0 Å². The number of rotatable bonds is 4. The molecule has 10 heteroatoms. The Morgan fingerprint density at radius 2 is 1.78 bits per heavy atom. The van der Waals surface area contributed by atoms with Gasteiger partial charge in [0.2, 0.25) is 0 Å². The van der Waals surface area contributed by atoms with Gasteiger partial charge in [-0.2, -0.15) is 5.10 Å². The van der Waals surface area contributed by atoms with Crippen molar-refractivity contribution in [2.45, 2.75) is 0 Å². The first-order valence-corrected chi connectivity index (χ1v) is 11.2. The van der Waals surface area contributed by atoms with Gasteiger partial charge in [-0.15, -0.1) is 0 Å². The van der Waals surface area contributed by atoms with E-state index >= 15 is 0 Å². The van der Waals surface area contributed by atoms with Crippen LogP contribution in [0, 0.1) is 0 Å². The number of H-pyrrole nitrogens is 2. The van der Waals surface area contributed by atoms with E-state index in [1.165, 1.54) is 4.90 Å². The molecule has 0 saturated carbocycles. The number of fused-ring (bicyclic) bond motifs is 2. The van der Waals surface area contributed by atoms with Gasteiger partial charge in [0.1, 0.15) is 5.69 Å². The van der Waals surface area contributed by atoms with Gasteiger partial charge in [0.25, 0.3) is 0 Å². The molecule has 0 saturated heterocycles. The van der Waals surface area contributed by atoms with Crippen molar-refractivity contribution >= 4 is 33.8 Å². The molecule has 2 amide bonds. The van der Waals surface area contributed by atoms with Gasteiger partial charge in [-0.3, -0.25) is 15.1 Å². The Morgan fingerprint density at radius 1 is 0.944 bits per heavy atom. The number of nitrogens with zero attached hydrogens (tertiary/aromatic N) is 6. The summed E-state index contributed by atoms with van der Waals surface area (Å²) in [6, 6.07) is 13.6. The van der Waals surface area contributed by atoms with E-state index in [9.17, 15) is 4.79 Å². The summed E-state index contributed by atoms with van der Waals surface area (Å²) in [5, 5.41) is 11.1. The molecule has 1 aromatic carbocycles. The van der Waals surface area contributed by atoms with Gasteiger partial charge < -0.3 is 15.2 Å². The summed E-state index contributed by atoms with van der Waals surface area (Å²) < 4.78 is 0. The fraction of sp³-hybridized carbons (Fsp3) is 0.0769. The highest BCUT2D eigenvalue weighted by atomic mass is 16.2. The Hall–Kier alpha value is -5.12. The molecule has 3 N–H and O–H groups in total. The molecule has 6 rings (SSSR count). The average Bonchev–Trinajstić information content (AvgIpc) is 3.53. The molecule has 176 valence electrons. The maximum Gasteiger partial charge on any atom is 0.321 e. The van der Waals surface area contributed by atoms with E-state index in [-0.39, 0.29) is 6.03 Å². The first kappa shape index (κ1) is 21.4. The van der Waals surface area contributed by atoms with Crippen LogP contribution in [0.2, 0.25) is 0 Å². The normalized spacial score (nSPS) is 11.2. The number of benzene rings is 1. The van der Waals surface area contributed by atoms with Crippen molar-refractivity contribution in [3.05, 3.63) is 73.4 Å². The van der Waals surface area contributed by atoms with Gasteiger partial charge in [0.05, 0.1) is 28.3 Å². The molecule has 0 aliphatic carbocycles. The summed E-state index contributed by atoms with van der Waals surface area (Å²) in [6.07, 6.45) is 8.63. The highest BCUT2D eigenvalue weighted by Crippen LogP contribution is 2.32. The zero-order valence-corrected chi connectivity index (χ0v) is 19.5. The van der Waals surface area contributed by atoms with Crippen molar-refractivity contribution < 1.29 is 4.79 Å². The first-order valence-electron chi connectivity index (χ1n) is 11.2. The number of nitrogens with one attached hydrogen (secondary N) is 3. The van der Waals surface area contributed by atoms with Gasteiger partial charge >= 0.3 is 6.03 Å². The maximum absolute atomic E-state index is 12.0. The molecule has 0 radical (unpaired) electrons. The van der Waals surface area contributed by atoms with Crippen molar-refractivity contribution in [3.8, 4) is 33.8 Å². The van der Waals surface area contributed by atoms with Crippen molar-refractivity contribution in [1.82, 2.24) is 40.0 Å². The number of hydrogen-bond acceptors (Lipinski definition) is 6. The van der Waals surface area contributed by atoms with Crippen LogP contribution in [-0.4, -0.2) is 60.1 Å².